The maximum absolute atomic E-state index is 12.7. The van der Waals surface area contributed by atoms with Crippen molar-refractivity contribution in [1.29, 1.82) is 0 Å². The van der Waals surface area contributed by atoms with Crippen LogP contribution in [0, 0.1) is 23.2 Å². The number of rotatable bonds is 5. The summed E-state index contributed by atoms with van der Waals surface area (Å²) in [5.41, 5.74) is 0.759. The van der Waals surface area contributed by atoms with Gasteiger partial charge in [-0.3, -0.25) is 9.59 Å². The summed E-state index contributed by atoms with van der Waals surface area (Å²) in [6, 6.07) is 3.54. The van der Waals surface area contributed by atoms with Crippen molar-refractivity contribution in [1.82, 2.24) is 14.8 Å². The number of pyridine rings is 1. The molecule has 2 aromatic heterocycles. The molecule has 3 saturated carbocycles. The smallest absolute Gasteiger partial charge is 0.288 e. The number of nitrogens with zero attached hydrogens (tertiary/aromatic N) is 3. The van der Waals surface area contributed by atoms with Crippen molar-refractivity contribution in [3.05, 3.63) is 45.1 Å². The summed E-state index contributed by atoms with van der Waals surface area (Å²) in [4.78, 5) is 28.8. The lowest BCUT2D eigenvalue weighted by Gasteiger charge is -2.62. The summed E-state index contributed by atoms with van der Waals surface area (Å²) in [5, 5.41) is 10.4. The zero-order valence-corrected chi connectivity index (χ0v) is 18.7. The number of nitrogens with one attached hydrogen (secondary N) is 2. The first-order valence-corrected chi connectivity index (χ1v) is 10.9. The van der Waals surface area contributed by atoms with Crippen LogP contribution < -0.4 is 16.2 Å². The quantitative estimate of drug-likeness (QED) is 0.671. The van der Waals surface area contributed by atoms with Crippen molar-refractivity contribution in [3.63, 3.8) is 0 Å². The standard InChI is InChI=1S/C21H25Cl2N5O2/c1-11-13-7-12(21(13,2)3)8-15(11)26-16-9-25-28(20(30)18(16)22)10-17(29)27-14-5-4-6-24-19(14)23/h4-6,9,11-13,15,26H,7-8,10H2,1-3H3,(H,27,29)/t11-,12-,13+,15-/m1/s1. The van der Waals surface area contributed by atoms with E-state index in [1.165, 1.54) is 18.8 Å². The molecule has 30 heavy (non-hydrogen) atoms. The van der Waals surface area contributed by atoms with E-state index in [0.29, 0.717) is 34.5 Å². The Morgan fingerprint density at radius 3 is 2.73 bits per heavy atom. The van der Waals surface area contributed by atoms with Gasteiger partial charge >= 0.3 is 0 Å². The van der Waals surface area contributed by atoms with E-state index >= 15 is 0 Å². The van der Waals surface area contributed by atoms with E-state index in [9.17, 15) is 9.59 Å². The molecule has 3 aliphatic carbocycles. The molecule has 0 saturated heterocycles. The molecule has 4 atom stereocenters. The number of carbonyl (C=O) groups is 1. The molecule has 0 aromatic carbocycles. The fourth-order valence-corrected chi connectivity index (χ4v) is 5.39. The van der Waals surface area contributed by atoms with Crippen molar-refractivity contribution in [2.45, 2.75) is 46.2 Å². The van der Waals surface area contributed by atoms with Crippen molar-refractivity contribution < 1.29 is 4.79 Å². The number of aromatic nitrogens is 3. The highest BCUT2D eigenvalue weighted by Crippen LogP contribution is 2.61. The predicted octanol–water partition coefficient (Wildman–Crippen LogP) is 4.07. The first-order chi connectivity index (χ1) is 14.2. The van der Waals surface area contributed by atoms with Crippen LogP contribution in [-0.2, 0) is 11.3 Å². The number of hydrogen-bond acceptors (Lipinski definition) is 5. The Labute approximate surface area is 185 Å². The second kappa shape index (κ2) is 7.85. The van der Waals surface area contributed by atoms with Crippen molar-refractivity contribution >= 4 is 40.5 Å². The number of amides is 1. The van der Waals surface area contributed by atoms with Gasteiger partial charge in [0, 0.05) is 12.2 Å². The Morgan fingerprint density at radius 1 is 1.30 bits per heavy atom. The van der Waals surface area contributed by atoms with Gasteiger partial charge in [0.25, 0.3) is 5.56 Å². The molecule has 0 unspecified atom stereocenters. The monoisotopic (exact) mass is 449 g/mol. The van der Waals surface area contributed by atoms with Gasteiger partial charge in [-0.1, -0.05) is 44.0 Å². The molecular formula is C21H25Cl2N5O2. The van der Waals surface area contributed by atoms with Crippen molar-refractivity contribution in [2.24, 2.45) is 23.2 Å². The number of hydrogen-bond donors (Lipinski definition) is 2. The zero-order chi connectivity index (χ0) is 21.6. The molecule has 160 valence electrons. The fourth-order valence-electron chi connectivity index (χ4n) is 5.02. The van der Waals surface area contributed by atoms with Gasteiger partial charge in [0.1, 0.15) is 11.6 Å². The lowest BCUT2D eigenvalue weighted by Crippen LogP contribution is -2.58. The van der Waals surface area contributed by atoms with E-state index in [1.54, 1.807) is 12.1 Å². The maximum atomic E-state index is 12.7. The van der Waals surface area contributed by atoms with Crippen molar-refractivity contribution in [2.75, 3.05) is 10.6 Å². The summed E-state index contributed by atoms with van der Waals surface area (Å²) < 4.78 is 1.04. The van der Waals surface area contributed by atoms with Crippen LogP contribution in [0.15, 0.2) is 29.3 Å². The molecule has 2 heterocycles. The number of anilines is 2. The average Bonchev–Trinajstić information content (AvgIpc) is 2.70. The molecule has 1 amide bonds. The second-order valence-electron chi connectivity index (χ2n) is 8.93. The molecular weight excluding hydrogens is 425 g/mol. The van der Waals surface area contributed by atoms with Gasteiger partial charge in [-0.15, -0.1) is 0 Å². The topological polar surface area (TPSA) is 88.9 Å². The highest BCUT2D eigenvalue weighted by molar-refractivity contribution is 6.33. The van der Waals surface area contributed by atoms with Crippen LogP contribution in [0.4, 0.5) is 11.4 Å². The summed E-state index contributed by atoms with van der Waals surface area (Å²) in [6.07, 6.45) is 5.37. The first-order valence-electron chi connectivity index (χ1n) is 10.1. The van der Waals surface area contributed by atoms with Crippen molar-refractivity contribution in [3.8, 4) is 0 Å². The van der Waals surface area contributed by atoms with Gasteiger partial charge in [0.2, 0.25) is 5.91 Å². The molecule has 0 radical (unpaired) electrons. The largest absolute Gasteiger partial charge is 0.379 e. The molecule has 5 rings (SSSR count). The molecule has 3 fully saturated rings. The first kappa shape index (κ1) is 21.1. The van der Waals surface area contributed by atoms with Gasteiger partial charge in [-0.2, -0.15) is 5.10 Å². The third-order valence-corrected chi connectivity index (χ3v) is 7.67. The van der Waals surface area contributed by atoms with Crippen LogP contribution in [0.3, 0.4) is 0 Å². The summed E-state index contributed by atoms with van der Waals surface area (Å²) >= 11 is 12.3. The van der Waals surface area contributed by atoms with E-state index in [1.807, 2.05) is 0 Å². The van der Waals surface area contributed by atoms with Gasteiger partial charge in [-0.05, 0) is 48.1 Å². The Balaban J connectivity index is 1.44. The number of halogens is 2. The Kier molecular flexibility index (Phi) is 5.53. The number of fused-ring (bicyclic) bond motifs is 2. The molecule has 3 aliphatic rings. The third-order valence-electron chi connectivity index (χ3n) is 7.01. The molecule has 2 aromatic rings. The summed E-state index contributed by atoms with van der Waals surface area (Å²) in [7, 11) is 0. The van der Waals surface area contributed by atoms with Crippen LogP contribution in [0.2, 0.25) is 10.2 Å². The highest BCUT2D eigenvalue weighted by atomic mass is 35.5. The van der Waals surface area contributed by atoms with E-state index in [0.717, 1.165) is 11.1 Å². The minimum atomic E-state index is -0.511. The minimum Gasteiger partial charge on any atom is -0.379 e. The molecule has 0 aliphatic heterocycles. The third kappa shape index (κ3) is 3.69. The van der Waals surface area contributed by atoms with E-state index in [-0.39, 0.29) is 22.8 Å². The van der Waals surface area contributed by atoms with Gasteiger partial charge < -0.3 is 10.6 Å². The Bertz CT molecular complexity index is 1040. The van der Waals surface area contributed by atoms with E-state index < -0.39 is 11.5 Å². The Morgan fingerprint density at radius 2 is 2.07 bits per heavy atom. The molecule has 9 heteroatoms. The van der Waals surface area contributed by atoms with Gasteiger partial charge in [0.15, 0.2) is 5.15 Å². The molecule has 2 bridgehead atoms. The van der Waals surface area contributed by atoms with E-state index in [2.05, 4.69) is 41.5 Å². The van der Waals surface area contributed by atoms with Crippen LogP contribution in [0.25, 0.3) is 0 Å². The lowest BCUT2D eigenvalue weighted by atomic mass is 9.45. The normalized spacial score (nSPS) is 26.6. The van der Waals surface area contributed by atoms with Crippen LogP contribution in [0.1, 0.15) is 33.6 Å². The highest BCUT2D eigenvalue weighted by Gasteiger charge is 2.56. The van der Waals surface area contributed by atoms with Crippen LogP contribution >= 0.6 is 23.2 Å². The average molecular weight is 450 g/mol. The van der Waals surface area contributed by atoms with E-state index in [4.69, 9.17) is 23.2 Å². The predicted molar refractivity (Wildman–Crippen MR) is 118 cm³/mol. The summed E-state index contributed by atoms with van der Waals surface area (Å²) in [6.45, 7) is 6.67. The fraction of sp³-hybridized carbons (Fsp3) is 0.524. The van der Waals surface area contributed by atoms with Gasteiger partial charge in [-0.25, -0.2) is 9.67 Å². The lowest BCUT2D eigenvalue weighted by molar-refractivity contribution is -0.117. The second-order valence-corrected chi connectivity index (χ2v) is 9.67. The minimum absolute atomic E-state index is 0.0444. The SMILES string of the molecule is C[C@H]1[C@H](Nc2cnn(CC(=O)Nc3cccnc3Cl)c(=O)c2Cl)C[C@H]2C[C@@H]1C2(C)C. The van der Waals surface area contributed by atoms with Crippen LogP contribution in [0.5, 0.6) is 0 Å². The molecule has 7 nitrogen and oxygen atoms in total. The zero-order valence-electron chi connectivity index (χ0n) is 17.2. The van der Waals surface area contributed by atoms with Gasteiger partial charge in [0.05, 0.1) is 17.6 Å². The Hall–Kier alpha value is -2.12. The number of carbonyl (C=O) groups excluding carboxylic acids is 1. The summed E-state index contributed by atoms with van der Waals surface area (Å²) in [5.74, 6) is 1.40. The molecule has 2 N–H and O–H groups in total. The molecule has 0 spiro atoms. The maximum Gasteiger partial charge on any atom is 0.288 e. The van der Waals surface area contributed by atoms with Crippen LogP contribution in [-0.4, -0.2) is 26.7 Å².